The topological polar surface area (TPSA) is 83.0 Å². The van der Waals surface area contributed by atoms with Gasteiger partial charge in [0.05, 0.1) is 11.3 Å². The molecule has 7 heteroatoms. The van der Waals surface area contributed by atoms with Crippen molar-refractivity contribution in [3.63, 3.8) is 0 Å². The molecule has 0 aliphatic heterocycles. The number of rotatable bonds is 5. The third kappa shape index (κ3) is 4.49. The largest absolute Gasteiger partial charge is 0.513 e. The molecule has 0 amide bonds. The van der Waals surface area contributed by atoms with E-state index in [4.69, 9.17) is 11.3 Å². The van der Waals surface area contributed by atoms with E-state index < -0.39 is 11.1 Å². The van der Waals surface area contributed by atoms with E-state index in [9.17, 15) is 14.9 Å². The van der Waals surface area contributed by atoms with Gasteiger partial charge in [-0.05, 0) is 12.1 Å². The second-order valence-electron chi connectivity index (χ2n) is 3.19. The molecule has 94 valence electrons. The number of nitro groups is 1. The minimum atomic E-state index is -0.895. The Morgan fingerprint density at radius 2 is 2.06 bits per heavy atom. The summed E-state index contributed by atoms with van der Waals surface area (Å²) in [5, 5.41) is 10.4. The van der Waals surface area contributed by atoms with Gasteiger partial charge in [-0.25, -0.2) is 11.4 Å². The van der Waals surface area contributed by atoms with Crippen molar-refractivity contribution in [2.45, 2.75) is 6.42 Å². The number of carbonyl (C=O) groups is 1. The van der Waals surface area contributed by atoms with Crippen molar-refractivity contribution in [3.8, 4) is 5.75 Å². The molecule has 0 N–H and O–H groups in total. The molecule has 0 fully saturated rings. The molecule has 0 spiro atoms. The SMILES string of the molecule is [C-]#[N+]CCCOC(=O)Oc1ccc([N+](=O)[O-])cc1. The Labute approximate surface area is 103 Å². The number of nitrogens with zero attached hydrogens (tertiary/aromatic N) is 2. The zero-order chi connectivity index (χ0) is 13.4. The van der Waals surface area contributed by atoms with E-state index >= 15 is 0 Å². The molecule has 0 aliphatic rings. The summed E-state index contributed by atoms with van der Waals surface area (Å²) in [4.78, 5) is 24.1. The minimum absolute atomic E-state index is 0.0900. The molecule has 1 aromatic rings. The van der Waals surface area contributed by atoms with Crippen LogP contribution >= 0.6 is 0 Å². The summed E-state index contributed by atoms with van der Waals surface area (Å²) in [5.74, 6) is 0.163. The van der Waals surface area contributed by atoms with Crippen LogP contribution in [0.5, 0.6) is 5.75 Å². The fourth-order valence-electron chi connectivity index (χ4n) is 1.06. The maximum atomic E-state index is 11.1. The number of hydrogen-bond acceptors (Lipinski definition) is 5. The van der Waals surface area contributed by atoms with E-state index in [2.05, 4.69) is 9.58 Å². The third-order valence-electron chi connectivity index (χ3n) is 1.88. The first kappa shape index (κ1) is 13.4. The van der Waals surface area contributed by atoms with Gasteiger partial charge in [0.25, 0.3) is 5.69 Å². The van der Waals surface area contributed by atoms with Gasteiger partial charge in [0.2, 0.25) is 6.54 Å². The first-order valence-corrected chi connectivity index (χ1v) is 5.06. The quantitative estimate of drug-likeness (QED) is 0.200. The molecular formula is C11H10N2O5. The van der Waals surface area contributed by atoms with E-state index in [1.807, 2.05) is 0 Å². The normalized spacial score (nSPS) is 9.28. The average Bonchev–Trinajstić information content (AvgIpc) is 2.35. The molecule has 0 heterocycles. The van der Waals surface area contributed by atoms with Gasteiger partial charge in [-0.1, -0.05) is 0 Å². The lowest BCUT2D eigenvalue weighted by Crippen LogP contribution is -2.11. The van der Waals surface area contributed by atoms with Gasteiger partial charge in [0, 0.05) is 12.1 Å². The molecule has 1 rings (SSSR count). The van der Waals surface area contributed by atoms with Crippen LogP contribution < -0.4 is 4.74 Å². The second kappa shape index (κ2) is 6.85. The van der Waals surface area contributed by atoms with Crippen LogP contribution in [-0.4, -0.2) is 24.2 Å². The van der Waals surface area contributed by atoms with Crippen LogP contribution in [0.1, 0.15) is 6.42 Å². The Morgan fingerprint density at radius 1 is 1.39 bits per heavy atom. The Hall–Kier alpha value is -2.62. The van der Waals surface area contributed by atoms with Gasteiger partial charge in [-0.15, -0.1) is 0 Å². The smallest absolute Gasteiger partial charge is 0.434 e. The molecule has 0 saturated heterocycles. The minimum Gasteiger partial charge on any atom is -0.434 e. The van der Waals surface area contributed by atoms with Crippen molar-refractivity contribution < 1.29 is 19.2 Å². The van der Waals surface area contributed by atoms with Gasteiger partial charge in [0.1, 0.15) is 12.4 Å². The van der Waals surface area contributed by atoms with Gasteiger partial charge < -0.3 is 14.3 Å². The van der Waals surface area contributed by atoms with Crippen molar-refractivity contribution in [3.05, 3.63) is 45.8 Å². The van der Waals surface area contributed by atoms with Crippen molar-refractivity contribution in [1.29, 1.82) is 0 Å². The van der Waals surface area contributed by atoms with Crippen molar-refractivity contribution >= 4 is 11.8 Å². The number of non-ortho nitro benzene ring substituents is 1. The summed E-state index contributed by atoms with van der Waals surface area (Å²) in [6.45, 7) is 6.91. The maximum absolute atomic E-state index is 11.1. The Bertz CT molecular complexity index is 463. The number of nitro benzene ring substituents is 1. The summed E-state index contributed by atoms with van der Waals surface area (Å²) in [7, 11) is 0. The number of hydrogen-bond donors (Lipinski definition) is 0. The molecule has 18 heavy (non-hydrogen) atoms. The van der Waals surface area contributed by atoms with Gasteiger partial charge >= 0.3 is 6.16 Å². The second-order valence-corrected chi connectivity index (χ2v) is 3.19. The van der Waals surface area contributed by atoms with Gasteiger partial charge in [-0.3, -0.25) is 10.1 Å². The summed E-state index contributed by atoms with van der Waals surface area (Å²) in [5.41, 5.74) is -0.0900. The van der Waals surface area contributed by atoms with Crippen LogP contribution in [0.3, 0.4) is 0 Å². The van der Waals surface area contributed by atoms with Crippen LogP contribution in [0.4, 0.5) is 10.5 Å². The predicted octanol–water partition coefficient (Wildman–Crippen LogP) is 2.42. The van der Waals surface area contributed by atoms with Gasteiger partial charge in [-0.2, -0.15) is 0 Å². The monoisotopic (exact) mass is 250 g/mol. The number of ether oxygens (including phenoxy) is 2. The summed E-state index contributed by atoms with van der Waals surface area (Å²) < 4.78 is 9.46. The molecule has 0 radical (unpaired) electrons. The Kier molecular flexibility index (Phi) is 5.12. The summed E-state index contributed by atoms with van der Waals surface area (Å²) in [6, 6.07) is 5.06. The van der Waals surface area contributed by atoms with Crippen LogP contribution in [0.2, 0.25) is 0 Å². The van der Waals surface area contributed by atoms with Gasteiger partial charge in [0.15, 0.2) is 0 Å². The van der Waals surface area contributed by atoms with Crippen LogP contribution in [-0.2, 0) is 4.74 Å². The first-order chi connectivity index (χ1) is 8.63. The highest BCUT2D eigenvalue weighted by atomic mass is 16.7. The summed E-state index contributed by atoms with van der Waals surface area (Å²) in [6.07, 6.45) is -0.451. The van der Waals surface area contributed by atoms with Crippen LogP contribution in [0.15, 0.2) is 24.3 Å². The first-order valence-electron chi connectivity index (χ1n) is 5.06. The lowest BCUT2D eigenvalue weighted by Gasteiger charge is -2.03. The molecule has 0 saturated carbocycles. The standard InChI is InChI=1S/C11H10N2O5/c1-12-7-2-8-17-11(14)18-10-5-3-9(4-6-10)13(15)16/h3-6H,2,7-8H2. The third-order valence-corrected chi connectivity index (χ3v) is 1.88. The molecule has 0 aromatic heterocycles. The lowest BCUT2D eigenvalue weighted by atomic mass is 10.3. The Balaban J connectivity index is 2.40. The number of benzene rings is 1. The van der Waals surface area contributed by atoms with E-state index in [-0.39, 0.29) is 24.6 Å². The molecule has 1 aromatic carbocycles. The van der Waals surface area contributed by atoms with Crippen LogP contribution in [0, 0.1) is 16.7 Å². The Morgan fingerprint density at radius 3 is 2.61 bits per heavy atom. The fraction of sp³-hybridized carbons (Fsp3) is 0.273. The van der Waals surface area contributed by atoms with E-state index in [0.717, 1.165) is 0 Å². The molecule has 0 bridgehead atoms. The predicted molar refractivity (Wildman–Crippen MR) is 61.2 cm³/mol. The highest BCUT2D eigenvalue weighted by Crippen LogP contribution is 2.17. The number of carbonyl (C=O) groups excluding carboxylic acids is 1. The zero-order valence-electron chi connectivity index (χ0n) is 9.37. The average molecular weight is 250 g/mol. The molecule has 0 aliphatic carbocycles. The van der Waals surface area contributed by atoms with E-state index in [1.54, 1.807) is 0 Å². The zero-order valence-corrected chi connectivity index (χ0v) is 9.37. The highest BCUT2D eigenvalue weighted by molar-refractivity contribution is 5.63. The lowest BCUT2D eigenvalue weighted by molar-refractivity contribution is -0.384. The highest BCUT2D eigenvalue weighted by Gasteiger charge is 2.08. The van der Waals surface area contributed by atoms with E-state index in [1.165, 1.54) is 24.3 Å². The summed E-state index contributed by atoms with van der Waals surface area (Å²) >= 11 is 0. The van der Waals surface area contributed by atoms with E-state index in [0.29, 0.717) is 6.42 Å². The maximum Gasteiger partial charge on any atom is 0.513 e. The van der Waals surface area contributed by atoms with Crippen molar-refractivity contribution in [2.75, 3.05) is 13.2 Å². The molecule has 0 atom stereocenters. The van der Waals surface area contributed by atoms with Crippen molar-refractivity contribution in [2.24, 2.45) is 0 Å². The fourth-order valence-corrected chi connectivity index (χ4v) is 1.06. The molecule has 0 unspecified atom stereocenters. The van der Waals surface area contributed by atoms with Crippen molar-refractivity contribution in [1.82, 2.24) is 0 Å². The molecule has 7 nitrogen and oxygen atoms in total. The van der Waals surface area contributed by atoms with Crippen LogP contribution in [0.25, 0.3) is 4.85 Å². The molecular weight excluding hydrogens is 240 g/mol.